The predicted octanol–water partition coefficient (Wildman–Crippen LogP) is 4.31. The second-order valence-corrected chi connectivity index (χ2v) is 6.93. The molecule has 1 aliphatic heterocycles. The number of aryl methyl sites for hydroxylation is 1. The van der Waals surface area contributed by atoms with Crippen LogP contribution in [0.4, 0.5) is 5.69 Å². The van der Waals surface area contributed by atoms with E-state index in [0.717, 1.165) is 42.0 Å². The molecule has 132 valence electrons. The van der Waals surface area contributed by atoms with Crippen LogP contribution in [0.1, 0.15) is 42.7 Å². The van der Waals surface area contributed by atoms with Crippen molar-refractivity contribution in [2.75, 3.05) is 18.5 Å². The lowest BCUT2D eigenvalue weighted by molar-refractivity contribution is 0.0958. The van der Waals surface area contributed by atoms with Crippen LogP contribution in [0.3, 0.4) is 0 Å². The van der Waals surface area contributed by atoms with Gasteiger partial charge >= 0.3 is 0 Å². The van der Waals surface area contributed by atoms with Gasteiger partial charge in [-0.25, -0.2) is 0 Å². The lowest BCUT2D eigenvalue weighted by Crippen LogP contribution is -2.36. The number of aromatic nitrogens is 1. The number of anilines is 1. The Hall–Kier alpha value is -2.07. The number of rotatable bonds is 4. The quantitative estimate of drug-likeness (QED) is 0.886. The van der Waals surface area contributed by atoms with E-state index < -0.39 is 0 Å². The first-order valence-corrected chi connectivity index (χ1v) is 9.20. The number of fused-ring (bicyclic) bond motifs is 1. The standard InChI is InChI=1S/C20H24ClN3O/c1-4-13(2)24-9-5-6-14-10-16(17(21)11-19(14)24)15-7-8-18(23-12-15)20(25)22-3/h7-8,10-13H,4-6,9H2,1-3H3,(H,22,25). The predicted molar refractivity (Wildman–Crippen MR) is 103 cm³/mol. The molecule has 1 aromatic carbocycles. The minimum absolute atomic E-state index is 0.188. The van der Waals surface area contributed by atoms with Gasteiger partial charge in [-0.3, -0.25) is 9.78 Å². The smallest absolute Gasteiger partial charge is 0.269 e. The Bertz CT molecular complexity index is 773. The molecule has 3 rings (SSSR count). The molecule has 1 aliphatic rings. The molecule has 0 spiro atoms. The molecule has 0 radical (unpaired) electrons. The molecular formula is C20H24ClN3O. The highest BCUT2D eigenvalue weighted by atomic mass is 35.5. The molecule has 5 heteroatoms. The van der Waals surface area contributed by atoms with Crippen molar-refractivity contribution in [1.29, 1.82) is 0 Å². The molecule has 0 saturated carbocycles. The highest BCUT2D eigenvalue weighted by Crippen LogP contribution is 2.38. The van der Waals surface area contributed by atoms with E-state index in [1.807, 2.05) is 6.07 Å². The summed E-state index contributed by atoms with van der Waals surface area (Å²) in [7, 11) is 1.60. The van der Waals surface area contributed by atoms with Gasteiger partial charge < -0.3 is 10.2 Å². The molecule has 0 saturated heterocycles. The van der Waals surface area contributed by atoms with Crippen LogP contribution >= 0.6 is 11.6 Å². The van der Waals surface area contributed by atoms with Crippen LogP contribution in [0.2, 0.25) is 5.02 Å². The third-order valence-corrected chi connectivity index (χ3v) is 5.29. The Labute approximate surface area is 154 Å². The van der Waals surface area contributed by atoms with Crippen LogP contribution < -0.4 is 10.2 Å². The van der Waals surface area contributed by atoms with E-state index in [4.69, 9.17) is 11.6 Å². The van der Waals surface area contributed by atoms with Crippen molar-refractivity contribution < 1.29 is 4.79 Å². The third-order valence-electron chi connectivity index (χ3n) is 4.98. The van der Waals surface area contributed by atoms with Gasteiger partial charge in [-0.05, 0) is 49.9 Å². The summed E-state index contributed by atoms with van der Waals surface area (Å²) in [6.07, 6.45) is 5.06. The maximum absolute atomic E-state index is 11.6. The third kappa shape index (κ3) is 3.49. The van der Waals surface area contributed by atoms with Crippen molar-refractivity contribution in [3.63, 3.8) is 0 Å². The molecule has 4 nitrogen and oxygen atoms in total. The maximum Gasteiger partial charge on any atom is 0.269 e. The lowest BCUT2D eigenvalue weighted by atomic mass is 9.95. The molecule has 0 aliphatic carbocycles. The Morgan fingerprint density at radius 1 is 1.40 bits per heavy atom. The number of carbonyl (C=O) groups is 1. The first kappa shape index (κ1) is 17.7. The largest absolute Gasteiger partial charge is 0.369 e. The summed E-state index contributed by atoms with van der Waals surface area (Å²) < 4.78 is 0. The van der Waals surface area contributed by atoms with E-state index in [1.54, 1.807) is 19.3 Å². The number of hydrogen-bond acceptors (Lipinski definition) is 3. The fraction of sp³-hybridized carbons (Fsp3) is 0.400. The minimum atomic E-state index is -0.188. The van der Waals surface area contributed by atoms with E-state index in [0.29, 0.717) is 11.7 Å². The zero-order chi connectivity index (χ0) is 18.0. The van der Waals surface area contributed by atoms with Crippen molar-refractivity contribution in [3.8, 4) is 11.1 Å². The number of nitrogens with zero attached hydrogens (tertiary/aromatic N) is 2. The van der Waals surface area contributed by atoms with Crippen LogP contribution in [0.5, 0.6) is 0 Å². The molecule has 1 N–H and O–H groups in total. The Kier molecular flexibility index (Phi) is 5.28. The second kappa shape index (κ2) is 7.44. The number of nitrogens with one attached hydrogen (secondary N) is 1. The van der Waals surface area contributed by atoms with Gasteiger partial charge in [0.05, 0.1) is 5.02 Å². The summed E-state index contributed by atoms with van der Waals surface area (Å²) in [6.45, 7) is 5.56. The number of carbonyl (C=O) groups excluding carboxylic acids is 1. The summed E-state index contributed by atoms with van der Waals surface area (Å²) in [5, 5.41) is 3.31. The minimum Gasteiger partial charge on any atom is -0.369 e. The van der Waals surface area contributed by atoms with Crippen molar-refractivity contribution in [1.82, 2.24) is 10.3 Å². The Balaban J connectivity index is 1.97. The fourth-order valence-corrected chi connectivity index (χ4v) is 3.62. The molecule has 2 aromatic rings. The summed E-state index contributed by atoms with van der Waals surface area (Å²) in [5.74, 6) is -0.188. The van der Waals surface area contributed by atoms with E-state index in [9.17, 15) is 4.79 Å². The zero-order valence-electron chi connectivity index (χ0n) is 15.0. The van der Waals surface area contributed by atoms with Gasteiger partial charge in [-0.2, -0.15) is 0 Å². The Morgan fingerprint density at radius 3 is 2.84 bits per heavy atom. The molecule has 1 amide bonds. The van der Waals surface area contributed by atoms with Gasteiger partial charge in [-0.1, -0.05) is 24.6 Å². The topological polar surface area (TPSA) is 45.2 Å². The average Bonchev–Trinajstić information content (AvgIpc) is 2.66. The molecule has 1 aromatic heterocycles. The number of hydrogen-bond donors (Lipinski definition) is 1. The van der Waals surface area contributed by atoms with E-state index in [-0.39, 0.29) is 5.91 Å². The maximum atomic E-state index is 11.6. The highest BCUT2D eigenvalue weighted by molar-refractivity contribution is 6.33. The van der Waals surface area contributed by atoms with E-state index in [1.165, 1.54) is 11.3 Å². The molecule has 0 bridgehead atoms. The van der Waals surface area contributed by atoms with Crippen molar-refractivity contribution >= 4 is 23.2 Å². The van der Waals surface area contributed by atoms with Gasteiger partial charge in [0, 0.05) is 42.6 Å². The molecule has 1 unspecified atom stereocenters. The molecule has 25 heavy (non-hydrogen) atoms. The summed E-state index contributed by atoms with van der Waals surface area (Å²) >= 11 is 6.60. The molecule has 2 heterocycles. The number of benzene rings is 1. The number of amides is 1. The molecule has 0 fully saturated rings. The second-order valence-electron chi connectivity index (χ2n) is 6.53. The first-order valence-electron chi connectivity index (χ1n) is 8.82. The molecule has 1 atom stereocenters. The van der Waals surface area contributed by atoms with Gasteiger partial charge in [0.1, 0.15) is 5.69 Å². The summed E-state index contributed by atoms with van der Waals surface area (Å²) in [6, 6.07) is 8.41. The lowest BCUT2D eigenvalue weighted by Gasteiger charge is -2.36. The van der Waals surface area contributed by atoms with Gasteiger partial charge in [-0.15, -0.1) is 0 Å². The van der Waals surface area contributed by atoms with Gasteiger partial charge in [0.2, 0.25) is 0 Å². The van der Waals surface area contributed by atoms with Crippen LogP contribution in [-0.2, 0) is 6.42 Å². The van der Waals surface area contributed by atoms with Gasteiger partial charge in [0.25, 0.3) is 5.91 Å². The Morgan fingerprint density at radius 2 is 2.20 bits per heavy atom. The summed E-state index contributed by atoms with van der Waals surface area (Å²) in [5.41, 5.74) is 4.90. The normalized spacial score (nSPS) is 14.8. The van der Waals surface area contributed by atoms with Crippen LogP contribution in [0, 0.1) is 0 Å². The average molecular weight is 358 g/mol. The molecular weight excluding hydrogens is 334 g/mol. The number of pyridine rings is 1. The zero-order valence-corrected chi connectivity index (χ0v) is 15.7. The first-order chi connectivity index (χ1) is 12.0. The van der Waals surface area contributed by atoms with E-state index >= 15 is 0 Å². The van der Waals surface area contributed by atoms with Crippen LogP contribution in [-0.4, -0.2) is 30.5 Å². The van der Waals surface area contributed by atoms with E-state index in [2.05, 4.69) is 41.2 Å². The van der Waals surface area contributed by atoms with Crippen molar-refractivity contribution in [3.05, 3.63) is 46.7 Å². The van der Waals surface area contributed by atoms with Crippen molar-refractivity contribution in [2.24, 2.45) is 0 Å². The van der Waals surface area contributed by atoms with Crippen LogP contribution in [0.15, 0.2) is 30.5 Å². The summed E-state index contributed by atoms with van der Waals surface area (Å²) in [4.78, 5) is 18.4. The van der Waals surface area contributed by atoms with Gasteiger partial charge in [0.15, 0.2) is 0 Å². The monoisotopic (exact) mass is 357 g/mol. The fourth-order valence-electron chi connectivity index (χ4n) is 3.35. The highest BCUT2D eigenvalue weighted by Gasteiger charge is 2.22. The van der Waals surface area contributed by atoms with Crippen LogP contribution in [0.25, 0.3) is 11.1 Å². The number of halogens is 1. The van der Waals surface area contributed by atoms with Crippen molar-refractivity contribution in [2.45, 2.75) is 39.2 Å². The SMILES string of the molecule is CCC(C)N1CCCc2cc(-c3ccc(C(=O)NC)nc3)c(Cl)cc21.